The van der Waals surface area contributed by atoms with Crippen molar-refractivity contribution in [1.29, 1.82) is 0 Å². The quantitative estimate of drug-likeness (QED) is 0.437. The average molecular weight is 352 g/mol. The molecule has 132 valence electrons. The standard InChI is InChI=1S/C23H20N4/c1-3-26-21-12-8-7-11-19(21)25-23(26)17-13-14-22-20(15-17)24-16(2)27(22)18-9-5-4-6-10-18/h4-15H,3H2,1-2H3. The molecule has 0 bridgehead atoms. The minimum absolute atomic E-state index is 0.880. The van der Waals surface area contributed by atoms with Crippen LogP contribution >= 0.6 is 0 Å². The first-order valence-corrected chi connectivity index (χ1v) is 9.26. The van der Waals surface area contributed by atoms with E-state index in [0.717, 1.165) is 46.0 Å². The van der Waals surface area contributed by atoms with Crippen molar-refractivity contribution in [2.45, 2.75) is 20.4 Å². The molecular formula is C23H20N4. The molecule has 0 fully saturated rings. The molecule has 4 heteroatoms. The highest BCUT2D eigenvalue weighted by Crippen LogP contribution is 2.29. The fraction of sp³-hybridized carbons (Fsp3) is 0.130. The second-order valence-corrected chi connectivity index (χ2v) is 6.70. The molecule has 0 N–H and O–H groups in total. The minimum atomic E-state index is 0.880. The van der Waals surface area contributed by atoms with Crippen LogP contribution in [0, 0.1) is 6.92 Å². The number of aromatic nitrogens is 4. The Labute approximate surface area is 157 Å². The van der Waals surface area contributed by atoms with Crippen molar-refractivity contribution < 1.29 is 0 Å². The second-order valence-electron chi connectivity index (χ2n) is 6.70. The van der Waals surface area contributed by atoms with Gasteiger partial charge in [-0.2, -0.15) is 0 Å². The first kappa shape index (κ1) is 15.8. The number of benzene rings is 3. The number of hydrogen-bond acceptors (Lipinski definition) is 2. The smallest absolute Gasteiger partial charge is 0.141 e. The Bertz CT molecular complexity index is 1260. The summed E-state index contributed by atoms with van der Waals surface area (Å²) in [5.74, 6) is 1.98. The molecule has 0 saturated heterocycles. The molecule has 2 aromatic heterocycles. The molecule has 0 radical (unpaired) electrons. The van der Waals surface area contributed by atoms with Gasteiger partial charge in [0, 0.05) is 17.8 Å². The zero-order valence-corrected chi connectivity index (χ0v) is 15.4. The molecule has 0 unspecified atom stereocenters. The summed E-state index contributed by atoms with van der Waals surface area (Å²) in [7, 11) is 0. The van der Waals surface area contributed by atoms with Crippen LogP contribution in [0.5, 0.6) is 0 Å². The van der Waals surface area contributed by atoms with E-state index in [4.69, 9.17) is 9.97 Å². The monoisotopic (exact) mass is 352 g/mol. The van der Waals surface area contributed by atoms with Crippen LogP contribution in [0.4, 0.5) is 0 Å². The van der Waals surface area contributed by atoms with E-state index >= 15 is 0 Å². The molecule has 3 aromatic carbocycles. The number of nitrogens with zero attached hydrogens (tertiary/aromatic N) is 4. The van der Waals surface area contributed by atoms with Gasteiger partial charge in [0.1, 0.15) is 11.6 Å². The van der Waals surface area contributed by atoms with Gasteiger partial charge in [-0.1, -0.05) is 30.3 Å². The molecule has 5 rings (SSSR count). The lowest BCUT2D eigenvalue weighted by atomic mass is 10.2. The van der Waals surface area contributed by atoms with E-state index in [1.807, 2.05) is 19.1 Å². The summed E-state index contributed by atoms with van der Waals surface area (Å²) in [5, 5.41) is 0. The second kappa shape index (κ2) is 6.09. The molecular weight excluding hydrogens is 332 g/mol. The van der Waals surface area contributed by atoms with Crippen molar-refractivity contribution in [3.63, 3.8) is 0 Å². The lowest BCUT2D eigenvalue weighted by molar-refractivity contribution is 0.796. The number of fused-ring (bicyclic) bond motifs is 2. The SMILES string of the molecule is CCn1c(-c2ccc3c(c2)nc(C)n3-c2ccccc2)nc2ccccc21. The molecule has 0 spiro atoms. The molecule has 0 aliphatic carbocycles. The van der Waals surface area contributed by atoms with Gasteiger partial charge in [-0.25, -0.2) is 9.97 Å². The topological polar surface area (TPSA) is 35.6 Å². The molecule has 0 atom stereocenters. The Balaban J connectivity index is 1.71. The molecule has 5 aromatic rings. The number of imidazole rings is 2. The van der Waals surface area contributed by atoms with Gasteiger partial charge in [-0.15, -0.1) is 0 Å². The van der Waals surface area contributed by atoms with Crippen molar-refractivity contribution in [3.8, 4) is 17.1 Å². The Hall–Kier alpha value is -3.40. The van der Waals surface area contributed by atoms with Crippen molar-refractivity contribution in [1.82, 2.24) is 19.1 Å². The van der Waals surface area contributed by atoms with Gasteiger partial charge in [0.25, 0.3) is 0 Å². The predicted molar refractivity (Wildman–Crippen MR) is 110 cm³/mol. The van der Waals surface area contributed by atoms with Crippen LogP contribution in [0.25, 0.3) is 39.1 Å². The van der Waals surface area contributed by atoms with Gasteiger partial charge in [0.2, 0.25) is 0 Å². The van der Waals surface area contributed by atoms with Gasteiger partial charge >= 0.3 is 0 Å². The third kappa shape index (κ3) is 2.45. The third-order valence-corrected chi connectivity index (χ3v) is 5.07. The maximum absolute atomic E-state index is 4.88. The Morgan fingerprint density at radius 3 is 2.37 bits per heavy atom. The van der Waals surface area contributed by atoms with Gasteiger partial charge < -0.3 is 4.57 Å². The van der Waals surface area contributed by atoms with Gasteiger partial charge in [0.15, 0.2) is 0 Å². The van der Waals surface area contributed by atoms with Gasteiger partial charge in [-0.05, 0) is 56.3 Å². The van der Waals surface area contributed by atoms with Crippen molar-refractivity contribution in [2.24, 2.45) is 0 Å². The van der Waals surface area contributed by atoms with Crippen LogP contribution < -0.4 is 0 Å². The summed E-state index contributed by atoms with van der Waals surface area (Å²) in [5.41, 5.74) is 6.52. The summed E-state index contributed by atoms with van der Waals surface area (Å²) in [6.45, 7) is 5.09. The minimum Gasteiger partial charge on any atom is -0.324 e. The Morgan fingerprint density at radius 1 is 0.778 bits per heavy atom. The first-order chi connectivity index (χ1) is 13.3. The first-order valence-electron chi connectivity index (χ1n) is 9.26. The van der Waals surface area contributed by atoms with E-state index in [2.05, 4.69) is 76.7 Å². The van der Waals surface area contributed by atoms with E-state index in [9.17, 15) is 0 Å². The maximum atomic E-state index is 4.88. The lowest BCUT2D eigenvalue weighted by Gasteiger charge is -2.08. The summed E-state index contributed by atoms with van der Waals surface area (Å²) in [6, 6.07) is 25.1. The van der Waals surface area contributed by atoms with E-state index in [-0.39, 0.29) is 0 Å². The molecule has 0 aliphatic rings. The van der Waals surface area contributed by atoms with Crippen LogP contribution in [0.3, 0.4) is 0 Å². The van der Waals surface area contributed by atoms with Gasteiger partial charge in [0.05, 0.1) is 22.1 Å². The van der Waals surface area contributed by atoms with Crippen LogP contribution in [-0.4, -0.2) is 19.1 Å². The highest BCUT2D eigenvalue weighted by atomic mass is 15.1. The molecule has 0 aliphatic heterocycles. The van der Waals surface area contributed by atoms with Crippen molar-refractivity contribution in [2.75, 3.05) is 0 Å². The Kier molecular flexibility index (Phi) is 3.57. The number of rotatable bonds is 3. The molecule has 27 heavy (non-hydrogen) atoms. The van der Waals surface area contributed by atoms with E-state index < -0.39 is 0 Å². The zero-order valence-electron chi connectivity index (χ0n) is 15.4. The lowest BCUT2D eigenvalue weighted by Crippen LogP contribution is -1.98. The normalized spacial score (nSPS) is 11.5. The fourth-order valence-corrected chi connectivity index (χ4v) is 3.86. The largest absolute Gasteiger partial charge is 0.324 e. The maximum Gasteiger partial charge on any atom is 0.141 e. The summed E-state index contributed by atoms with van der Waals surface area (Å²) < 4.78 is 4.46. The number of para-hydroxylation sites is 3. The molecule has 0 saturated carbocycles. The average Bonchev–Trinajstić information content (AvgIpc) is 3.24. The van der Waals surface area contributed by atoms with E-state index in [1.54, 1.807) is 0 Å². The van der Waals surface area contributed by atoms with Crippen LogP contribution in [-0.2, 0) is 6.54 Å². The van der Waals surface area contributed by atoms with Crippen LogP contribution in [0.1, 0.15) is 12.7 Å². The van der Waals surface area contributed by atoms with E-state index in [1.165, 1.54) is 5.52 Å². The summed E-state index contributed by atoms with van der Waals surface area (Å²) in [4.78, 5) is 9.69. The Morgan fingerprint density at radius 2 is 1.56 bits per heavy atom. The number of hydrogen-bond donors (Lipinski definition) is 0. The molecule has 4 nitrogen and oxygen atoms in total. The van der Waals surface area contributed by atoms with Crippen molar-refractivity contribution >= 4 is 22.1 Å². The predicted octanol–water partition coefficient (Wildman–Crippen LogP) is 5.37. The molecule has 2 heterocycles. The summed E-state index contributed by atoms with van der Waals surface area (Å²) in [6.07, 6.45) is 0. The van der Waals surface area contributed by atoms with E-state index in [0.29, 0.717) is 0 Å². The highest BCUT2D eigenvalue weighted by molar-refractivity contribution is 5.86. The van der Waals surface area contributed by atoms with Crippen molar-refractivity contribution in [3.05, 3.63) is 78.6 Å². The fourth-order valence-electron chi connectivity index (χ4n) is 3.86. The van der Waals surface area contributed by atoms with Crippen LogP contribution in [0.2, 0.25) is 0 Å². The third-order valence-electron chi connectivity index (χ3n) is 5.07. The highest BCUT2D eigenvalue weighted by Gasteiger charge is 2.14. The zero-order chi connectivity index (χ0) is 18.4. The summed E-state index contributed by atoms with van der Waals surface area (Å²) >= 11 is 0. The van der Waals surface area contributed by atoms with Gasteiger partial charge in [-0.3, -0.25) is 4.57 Å². The number of aryl methyl sites for hydroxylation is 2. The molecule has 0 amide bonds. The van der Waals surface area contributed by atoms with Crippen LogP contribution in [0.15, 0.2) is 72.8 Å².